The maximum absolute atomic E-state index is 6.08. The van der Waals surface area contributed by atoms with Crippen LogP contribution in [-0.2, 0) is 17.8 Å². The predicted octanol–water partition coefficient (Wildman–Crippen LogP) is 3.23. The normalized spacial score (nSPS) is 26.5. The Morgan fingerprint density at radius 3 is 2.93 bits per heavy atom. The van der Waals surface area contributed by atoms with E-state index < -0.39 is 0 Å². The van der Waals surface area contributed by atoms with Gasteiger partial charge < -0.3 is 10.1 Å². The first-order valence-electron chi connectivity index (χ1n) is 10.5. The second-order valence-corrected chi connectivity index (χ2v) is 7.88. The van der Waals surface area contributed by atoms with E-state index in [2.05, 4.69) is 63.3 Å². The number of nitrogens with zero attached hydrogens (tertiary/aromatic N) is 3. The van der Waals surface area contributed by atoms with Crippen molar-refractivity contribution in [1.29, 1.82) is 0 Å². The van der Waals surface area contributed by atoms with E-state index in [1.54, 1.807) is 0 Å². The lowest BCUT2D eigenvalue weighted by Gasteiger charge is -2.34. The van der Waals surface area contributed by atoms with Crippen molar-refractivity contribution in [3.8, 4) is 0 Å². The summed E-state index contributed by atoms with van der Waals surface area (Å²) in [6, 6.07) is 13.5. The molecule has 0 bridgehead atoms. The molecule has 0 radical (unpaired) electrons. The zero-order chi connectivity index (χ0) is 18.5. The first kappa shape index (κ1) is 18.7. The second-order valence-electron chi connectivity index (χ2n) is 7.88. The fraction of sp³-hybridized carbons (Fsp3) is 0.591. The van der Waals surface area contributed by atoms with Crippen LogP contribution in [-0.4, -0.2) is 47.0 Å². The number of aryl methyl sites for hydroxylation is 1. The Morgan fingerprint density at radius 1 is 1.19 bits per heavy atom. The molecule has 2 saturated heterocycles. The van der Waals surface area contributed by atoms with Crippen LogP contribution in [0.2, 0.25) is 0 Å². The number of hydrogen-bond donors (Lipinski definition) is 1. The fourth-order valence-electron chi connectivity index (χ4n) is 4.54. The SMILES string of the molecule is CCn1nccc1[C@@H]1OCC[C@H]1CN[C@H]1CCCN(Cc2ccccc2)C1. The highest BCUT2D eigenvalue weighted by Crippen LogP contribution is 2.34. The lowest BCUT2D eigenvalue weighted by Crippen LogP contribution is -2.46. The first-order chi connectivity index (χ1) is 13.3. The van der Waals surface area contributed by atoms with Gasteiger partial charge in [0.25, 0.3) is 0 Å². The van der Waals surface area contributed by atoms with Crippen LogP contribution in [0.25, 0.3) is 0 Å². The minimum absolute atomic E-state index is 0.184. The predicted molar refractivity (Wildman–Crippen MR) is 107 cm³/mol. The molecule has 1 aromatic heterocycles. The monoisotopic (exact) mass is 368 g/mol. The van der Waals surface area contributed by atoms with Crippen LogP contribution < -0.4 is 5.32 Å². The summed E-state index contributed by atoms with van der Waals surface area (Å²) in [5.41, 5.74) is 2.64. The van der Waals surface area contributed by atoms with Gasteiger partial charge in [-0.15, -0.1) is 0 Å². The standard InChI is InChI=1S/C22H32N4O/c1-2-26-21(10-12-24-26)22-19(11-14-27-22)15-23-20-9-6-13-25(17-20)16-18-7-4-3-5-8-18/h3-5,7-8,10,12,19-20,22-23H,2,6,9,11,13-17H2,1H3/t19-,20-,22+/m0/s1. The molecule has 0 aliphatic carbocycles. The number of likely N-dealkylation sites (tertiary alicyclic amines) is 1. The molecule has 1 aromatic carbocycles. The van der Waals surface area contributed by atoms with E-state index in [-0.39, 0.29) is 6.10 Å². The zero-order valence-corrected chi connectivity index (χ0v) is 16.4. The smallest absolute Gasteiger partial charge is 0.103 e. The summed E-state index contributed by atoms with van der Waals surface area (Å²) < 4.78 is 8.16. The van der Waals surface area contributed by atoms with Crippen LogP contribution in [0.1, 0.15) is 43.5 Å². The molecule has 5 heteroatoms. The Balaban J connectivity index is 1.30. The molecule has 0 saturated carbocycles. The van der Waals surface area contributed by atoms with Gasteiger partial charge in [0.15, 0.2) is 0 Å². The molecule has 2 aliphatic heterocycles. The van der Waals surface area contributed by atoms with Crippen molar-refractivity contribution in [3.63, 3.8) is 0 Å². The van der Waals surface area contributed by atoms with Crippen LogP contribution in [0, 0.1) is 5.92 Å². The number of nitrogens with one attached hydrogen (secondary N) is 1. The third kappa shape index (κ3) is 4.60. The van der Waals surface area contributed by atoms with Gasteiger partial charge in [0.2, 0.25) is 0 Å². The van der Waals surface area contributed by atoms with Crippen molar-refractivity contribution >= 4 is 0 Å². The minimum Gasteiger partial charge on any atom is -0.372 e. The van der Waals surface area contributed by atoms with Crippen LogP contribution in [0.5, 0.6) is 0 Å². The van der Waals surface area contributed by atoms with Crippen LogP contribution in [0.15, 0.2) is 42.6 Å². The van der Waals surface area contributed by atoms with Crippen LogP contribution in [0.4, 0.5) is 0 Å². The molecule has 4 rings (SSSR count). The van der Waals surface area contributed by atoms with Gasteiger partial charge >= 0.3 is 0 Å². The van der Waals surface area contributed by atoms with E-state index >= 15 is 0 Å². The molecule has 5 nitrogen and oxygen atoms in total. The molecule has 2 aliphatic rings. The summed E-state index contributed by atoms with van der Waals surface area (Å²) in [4.78, 5) is 2.59. The van der Waals surface area contributed by atoms with E-state index in [1.165, 1.54) is 30.6 Å². The summed E-state index contributed by atoms with van der Waals surface area (Å²) in [5, 5.41) is 8.28. The molecule has 0 spiro atoms. The van der Waals surface area contributed by atoms with Gasteiger partial charge in [-0.2, -0.15) is 5.10 Å². The number of rotatable bonds is 7. The number of hydrogen-bond acceptors (Lipinski definition) is 4. The van der Waals surface area contributed by atoms with Crippen molar-refractivity contribution in [2.75, 3.05) is 26.2 Å². The van der Waals surface area contributed by atoms with Gasteiger partial charge in [-0.25, -0.2) is 0 Å². The Labute approximate surface area is 162 Å². The second kappa shape index (κ2) is 9.00. The minimum atomic E-state index is 0.184. The van der Waals surface area contributed by atoms with Crippen LogP contribution >= 0.6 is 0 Å². The average molecular weight is 369 g/mol. The van der Waals surface area contributed by atoms with Crippen molar-refractivity contribution in [3.05, 3.63) is 53.9 Å². The Bertz CT molecular complexity index is 701. The molecular formula is C22H32N4O. The van der Waals surface area contributed by atoms with Crippen LogP contribution in [0.3, 0.4) is 0 Å². The van der Waals surface area contributed by atoms with Gasteiger partial charge in [0.05, 0.1) is 5.69 Å². The summed E-state index contributed by atoms with van der Waals surface area (Å²) in [5.74, 6) is 0.538. The van der Waals surface area contributed by atoms with Gasteiger partial charge in [-0.05, 0) is 44.4 Å². The highest BCUT2D eigenvalue weighted by molar-refractivity contribution is 5.14. The van der Waals surface area contributed by atoms with Gasteiger partial charge in [0.1, 0.15) is 6.10 Å². The van der Waals surface area contributed by atoms with E-state index in [0.29, 0.717) is 12.0 Å². The van der Waals surface area contributed by atoms with E-state index in [9.17, 15) is 0 Å². The third-order valence-electron chi connectivity index (χ3n) is 5.98. The quantitative estimate of drug-likeness (QED) is 0.815. The summed E-state index contributed by atoms with van der Waals surface area (Å²) >= 11 is 0. The molecule has 3 atom stereocenters. The van der Waals surface area contributed by atoms with Crippen molar-refractivity contribution in [2.45, 2.75) is 51.4 Å². The summed E-state index contributed by atoms with van der Waals surface area (Å²) in [6.07, 6.45) is 5.76. The van der Waals surface area contributed by atoms with E-state index in [1.807, 2.05) is 6.20 Å². The van der Waals surface area contributed by atoms with Gasteiger partial charge in [-0.1, -0.05) is 30.3 Å². The molecule has 3 heterocycles. The largest absolute Gasteiger partial charge is 0.372 e. The fourth-order valence-corrected chi connectivity index (χ4v) is 4.54. The molecule has 2 fully saturated rings. The van der Waals surface area contributed by atoms with Crippen molar-refractivity contribution in [2.24, 2.45) is 5.92 Å². The Hall–Kier alpha value is -1.69. The molecular weight excluding hydrogens is 336 g/mol. The molecule has 0 amide bonds. The maximum atomic E-state index is 6.08. The summed E-state index contributed by atoms with van der Waals surface area (Å²) in [7, 11) is 0. The number of piperidine rings is 1. The van der Waals surface area contributed by atoms with Crippen molar-refractivity contribution < 1.29 is 4.74 Å². The highest BCUT2D eigenvalue weighted by atomic mass is 16.5. The molecule has 1 N–H and O–H groups in total. The Kier molecular flexibility index (Phi) is 6.22. The first-order valence-corrected chi connectivity index (χ1v) is 10.5. The third-order valence-corrected chi connectivity index (χ3v) is 5.98. The van der Waals surface area contributed by atoms with E-state index in [0.717, 1.165) is 39.2 Å². The maximum Gasteiger partial charge on any atom is 0.103 e. The summed E-state index contributed by atoms with van der Waals surface area (Å²) in [6.45, 7) is 8.34. The average Bonchev–Trinajstić information content (AvgIpc) is 3.36. The number of benzene rings is 1. The zero-order valence-electron chi connectivity index (χ0n) is 16.4. The van der Waals surface area contributed by atoms with E-state index in [4.69, 9.17) is 4.74 Å². The topological polar surface area (TPSA) is 42.3 Å². The lowest BCUT2D eigenvalue weighted by atomic mass is 9.97. The Morgan fingerprint density at radius 2 is 2.07 bits per heavy atom. The molecule has 0 unspecified atom stereocenters. The highest BCUT2D eigenvalue weighted by Gasteiger charge is 2.32. The molecule has 146 valence electrons. The number of ether oxygens (including phenoxy) is 1. The molecule has 2 aromatic rings. The van der Waals surface area contributed by atoms with Gasteiger partial charge in [0, 0.05) is 50.9 Å². The lowest BCUT2D eigenvalue weighted by molar-refractivity contribution is 0.0808. The van der Waals surface area contributed by atoms with Gasteiger partial charge in [-0.3, -0.25) is 9.58 Å². The van der Waals surface area contributed by atoms with Crippen molar-refractivity contribution in [1.82, 2.24) is 20.0 Å². The molecule has 27 heavy (non-hydrogen) atoms. The number of aromatic nitrogens is 2.